The molecule has 0 aromatic rings. The van der Waals surface area contributed by atoms with Crippen LogP contribution in [0.2, 0.25) is 0 Å². The van der Waals surface area contributed by atoms with Crippen LogP contribution in [0.15, 0.2) is 0 Å². The van der Waals surface area contributed by atoms with Crippen LogP contribution in [0.25, 0.3) is 0 Å². The van der Waals surface area contributed by atoms with E-state index in [0.29, 0.717) is 0 Å². The molecule has 0 unspecified atom stereocenters. The summed E-state index contributed by atoms with van der Waals surface area (Å²) in [6, 6.07) is 0. The Kier molecular flexibility index (Phi) is 4.72. The van der Waals surface area contributed by atoms with Crippen molar-refractivity contribution in [2.24, 2.45) is 0 Å². The second kappa shape index (κ2) is 4.09. The van der Waals surface area contributed by atoms with E-state index >= 15 is 0 Å². The Morgan fingerprint density at radius 1 is 1.17 bits per heavy atom. The van der Waals surface area contributed by atoms with Crippen molar-refractivity contribution < 1.29 is 31.0 Å². The number of nitrogens with one attached hydrogen (secondary N) is 2. The predicted molar refractivity (Wildman–Crippen MR) is 22.0 cm³/mol. The summed E-state index contributed by atoms with van der Waals surface area (Å²) in [5.74, 6) is 0. The molecule has 6 heavy (non-hydrogen) atoms. The van der Waals surface area contributed by atoms with Crippen molar-refractivity contribution in [1.29, 1.82) is 0 Å². The molecule has 2 nitrogen and oxygen atoms in total. The largest absolute Gasteiger partial charge is 1.00 e. The SMILES string of the molecule is C1CNCN1.[H-].[Na+]. The van der Waals surface area contributed by atoms with Crippen molar-refractivity contribution in [2.45, 2.75) is 0 Å². The van der Waals surface area contributed by atoms with Crippen LogP contribution >= 0.6 is 0 Å². The molecule has 0 aromatic carbocycles. The average molecular weight is 96.1 g/mol. The molecule has 0 aromatic heterocycles. The summed E-state index contributed by atoms with van der Waals surface area (Å²) >= 11 is 0. The zero-order chi connectivity index (χ0) is 3.54. The van der Waals surface area contributed by atoms with Gasteiger partial charge in [0.05, 0.1) is 0 Å². The molecular weight excluding hydrogens is 87.0 g/mol. The van der Waals surface area contributed by atoms with Gasteiger partial charge in [0.15, 0.2) is 0 Å². The molecule has 0 saturated carbocycles. The van der Waals surface area contributed by atoms with Crippen molar-refractivity contribution in [3.05, 3.63) is 0 Å². The fourth-order valence-corrected chi connectivity index (χ4v) is 0.442. The number of hydrogen-bond acceptors (Lipinski definition) is 2. The zero-order valence-corrected chi connectivity index (χ0v) is 6.12. The van der Waals surface area contributed by atoms with Crippen molar-refractivity contribution in [2.75, 3.05) is 19.8 Å². The molecule has 1 saturated heterocycles. The minimum absolute atomic E-state index is 0. The van der Waals surface area contributed by atoms with E-state index < -0.39 is 0 Å². The Morgan fingerprint density at radius 3 is 1.83 bits per heavy atom. The van der Waals surface area contributed by atoms with Gasteiger partial charge < -0.3 is 12.1 Å². The van der Waals surface area contributed by atoms with Crippen LogP contribution in [0.4, 0.5) is 0 Å². The molecular formula is C3H9N2Na. The van der Waals surface area contributed by atoms with Crippen LogP contribution in [-0.4, -0.2) is 19.8 Å². The van der Waals surface area contributed by atoms with E-state index in [9.17, 15) is 0 Å². The maximum absolute atomic E-state index is 3.11. The average Bonchev–Trinajstić information content (AvgIpc) is 1.76. The van der Waals surface area contributed by atoms with Gasteiger partial charge in [-0.25, -0.2) is 0 Å². The Balaban J connectivity index is 0. The zero-order valence-electron chi connectivity index (χ0n) is 5.12. The summed E-state index contributed by atoms with van der Waals surface area (Å²) in [7, 11) is 0. The monoisotopic (exact) mass is 96.1 g/mol. The molecule has 0 radical (unpaired) electrons. The van der Waals surface area contributed by atoms with Crippen LogP contribution < -0.4 is 40.2 Å². The van der Waals surface area contributed by atoms with Crippen molar-refractivity contribution in [1.82, 2.24) is 10.6 Å². The van der Waals surface area contributed by atoms with Crippen LogP contribution in [-0.2, 0) is 0 Å². The smallest absolute Gasteiger partial charge is 1.00 e. The molecule has 1 fully saturated rings. The van der Waals surface area contributed by atoms with Gasteiger partial charge >= 0.3 is 29.6 Å². The molecule has 1 aliphatic heterocycles. The fourth-order valence-electron chi connectivity index (χ4n) is 0.442. The minimum Gasteiger partial charge on any atom is -1.00 e. The summed E-state index contributed by atoms with van der Waals surface area (Å²) in [6.07, 6.45) is 0. The Hall–Kier alpha value is 0.920. The quantitative estimate of drug-likeness (QED) is 0.303. The topological polar surface area (TPSA) is 24.1 Å². The van der Waals surface area contributed by atoms with Gasteiger partial charge in [-0.1, -0.05) is 0 Å². The summed E-state index contributed by atoms with van der Waals surface area (Å²) < 4.78 is 0. The van der Waals surface area contributed by atoms with Gasteiger partial charge in [0.1, 0.15) is 0 Å². The van der Waals surface area contributed by atoms with E-state index in [1.165, 1.54) is 0 Å². The third-order valence-electron chi connectivity index (χ3n) is 0.729. The first kappa shape index (κ1) is 6.92. The van der Waals surface area contributed by atoms with Crippen LogP contribution in [0.3, 0.4) is 0 Å². The maximum Gasteiger partial charge on any atom is 1.00 e. The van der Waals surface area contributed by atoms with Gasteiger partial charge in [-0.15, -0.1) is 0 Å². The van der Waals surface area contributed by atoms with Gasteiger partial charge in [-0.05, 0) is 0 Å². The predicted octanol–water partition coefficient (Wildman–Crippen LogP) is -3.75. The molecule has 0 bridgehead atoms. The molecule has 2 N–H and O–H groups in total. The summed E-state index contributed by atoms with van der Waals surface area (Å²) in [6.45, 7) is 3.28. The second-order valence-electron chi connectivity index (χ2n) is 1.18. The first-order valence-electron chi connectivity index (χ1n) is 1.91. The van der Waals surface area contributed by atoms with Gasteiger partial charge in [-0.2, -0.15) is 0 Å². The molecule has 1 rings (SSSR count). The van der Waals surface area contributed by atoms with E-state index in [1.807, 2.05) is 0 Å². The van der Waals surface area contributed by atoms with E-state index in [4.69, 9.17) is 0 Å². The molecule has 32 valence electrons. The third kappa shape index (κ3) is 2.16. The summed E-state index contributed by atoms with van der Waals surface area (Å²) in [5, 5.41) is 6.22. The van der Waals surface area contributed by atoms with Crippen LogP contribution in [0.1, 0.15) is 1.43 Å². The second-order valence-corrected chi connectivity index (χ2v) is 1.18. The Labute approximate surface area is 61.5 Å². The number of hydrogen-bond donors (Lipinski definition) is 2. The molecule has 0 atom stereocenters. The normalized spacial score (nSPS) is 20.0. The van der Waals surface area contributed by atoms with E-state index in [0.717, 1.165) is 19.8 Å². The minimum atomic E-state index is 0. The Morgan fingerprint density at radius 2 is 1.67 bits per heavy atom. The number of rotatable bonds is 0. The fraction of sp³-hybridized carbons (Fsp3) is 1.00. The molecule has 0 aliphatic carbocycles. The summed E-state index contributed by atoms with van der Waals surface area (Å²) in [4.78, 5) is 0. The molecule has 1 heterocycles. The molecule has 0 amide bonds. The first-order chi connectivity index (χ1) is 2.50. The van der Waals surface area contributed by atoms with E-state index in [-0.39, 0.29) is 31.0 Å². The van der Waals surface area contributed by atoms with Gasteiger partial charge in [0.2, 0.25) is 0 Å². The van der Waals surface area contributed by atoms with E-state index in [2.05, 4.69) is 10.6 Å². The van der Waals surface area contributed by atoms with Gasteiger partial charge in [-0.3, -0.25) is 0 Å². The van der Waals surface area contributed by atoms with E-state index in [1.54, 1.807) is 0 Å². The van der Waals surface area contributed by atoms with Gasteiger partial charge in [0.25, 0.3) is 0 Å². The first-order valence-corrected chi connectivity index (χ1v) is 1.91. The molecule has 3 heteroatoms. The maximum atomic E-state index is 3.11. The standard InChI is InChI=1S/C3H8N2.Na.H/c1-2-5-3-4-1;;/h4-5H,1-3H2;;/q;+1;-1. The summed E-state index contributed by atoms with van der Waals surface area (Å²) in [5.41, 5.74) is 0. The van der Waals surface area contributed by atoms with Crippen LogP contribution in [0.5, 0.6) is 0 Å². The van der Waals surface area contributed by atoms with Crippen LogP contribution in [0, 0.1) is 0 Å². The molecule has 1 aliphatic rings. The van der Waals surface area contributed by atoms with Crippen molar-refractivity contribution >= 4 is 0 Å². The van der Waals surface area contributed by atoms with Crippen molar-refractivity contribution in [3.8, 4) is 0 Å². The third-order valence-corrected chi connectivity index (χ3v) is 0.729. The Bertz CT molecular complexity index is 24.5. The van der Waals surface area contributed by atoms with Gasteiger partial charge in [0, 0.05) is 19.8 Å². The van der Waals surface area contributed by atoms with Crippen molar-refractivity contribution in [3.63, 3.8) is 0 Å². The molecule has 0 spiro atoms.